The molecule has 0 aromatic carbocycles. The minimum atomic E-state index is -1.35. The molecule has 1 heterocycles. The van der Waals surface area contributed by atoms with Crippen molar-refractivity contribution in [3.63, 3.8) is 0 Å². The van der Waals surface area contributed by atoms with E-state index >= 15 is 0 Å². The van der Waals surface area contributed by atoms with Crippen LogP contribution in [0, 0.1) is 11.3 Å². The van der Waals surface area contributed by atoms with Gasteiger partial charge in [0.25, 0.3) is 5.91 Å². The van der Waals surface area contributed by atoms with Crippen molar-refractivity contribution in [1.29, 1.82) is 5.26 Å². The molecule has 2 rings (SSSR count). The van der Waals surface area contributed by atoms with Crippen LogP contribution in [0.2, 0.25) is 0 Å². The van der Waals surface area contributed by atoms with Gasteiger partial charge in [0, 0.05) is 10.8 Å². The number of hydrogen-bond acceptors (Lipinski definition) is 3. The molecule has 1 amide bonds. The third-order valence-electron chi connectivity index (χ3n) is 3.73. The highest BCUT2D eigenvalue weighted by Crippen LogP contribution is 2.49. The van der Waals surface area contributed by atoms with E-state index in [2.05, 4.69) is 20.8 Å². The summed E-state index contributed by atoms with van der Waals surface area (Å²) in [5.41, 5.74) is 0. The van der Waals surface area contributed by atoms with Gasteiger partial charge in [-0.1, -0.05) is 51.6 Å². The van der Waals surface area contributed by atoms with Gasteiger partial charge in [0.2, 0.25) is 4.87 Å². The molecule has 0 aromatic heterocycles. The Morgan fingerprint density at radius 2 is 1.95 bits per heavy atom. The van der Waals surface area contributed by atoms with Gasteiger partial charge in [-0.15, -0.1) is 11.8 Å². The average Bonchev–Trinajstić information content (AvgIpc) is 2.37. The molecule has 0 bridgehead atoms. The van der Waals surface area contributed by atoms with Crippen molar-refractivity contribution in [2.24, 2.45) is 0 Å². The number of amides is 1. The van der Waals surface area contributed by atoms with Crippen LogP contribution < -0.4 is 0 Å². The Morgan fingerprint density at radius 1 is 1.37 bits per heavy atom. The Morgan fingerprint density at radius 3 is 2.42 bits per heavy atom. The van der Waals surface area contributed by atoms with E-state index in [0.29, 0.717) is 0 Å². The van der Waals surface area contributed by atoms with E-state index in [4.69, 9.17) is 11.6 Å². The lowest BCUT2D eigenvalue weighted by atomic mass is 9.88. The number of rotatable bonds is 2. The fourth-order valence-corrected chi connectivity index (χ4v) is 4.52. The normalized spacial score (nSPS) is 32.9. The van der Waals surface area contributed by atoms with E-state index in [0.717, 1.165) is 12.8 Å². The smallest absolute Gasteiger partial charge is 0.262 e. The Balaban J connectivity index is 2.18. The van der Waals surface area contributed by atoms with E-state index in [9.17, 15) is 10.1 Å². The summed E-state index contributed by atoms with van der Waals surface area (Å²) in [6, 6.07) is 2.30. The van der Waals surface area contributed by atoms with Crippen LogP contribution in [0.4, 0.5) is 0 Å². The first-order valence-electron chi connectivity index (χ1n) is 6.90. The van der Waals surface area contributed by atoms with E-state index in [-0.39, 0.29) is 22.1 Å². The molecule has 1 saturated heterocycles. The predicted octanol–water partition coefficient (Wildman–Crippen LogP) is 3.52. The van der Waals surface area contributed by atoms with Gasteiger partial charge in [0.1, 0.15) is 5.37 Å². The van der Waals surface area contributed by atoms with Crippen LogP contribution in [0.15, 0.2) is 0 Å². The molecule has 0 spiro atoms. The van der Waals surface area contributed by atoms with Crippen LogP contribution in [0.3, 0.4) is 0 Å². The van der Waals surface area contributed by atoms with Gasteiger partial charge >= 0.3 is 0 Å². The van der Waals surface area contributed by atoms with E-state index in [1.807, 2.05) is 11.0 Å². The molecule has 0 N–H and O–H groups in total. The molecule has 2 atom stereocenters. The summed E-state index contributed by atoms with van der Waals surface area (Å²) in [6.45, 7) is 6.27. The maximum atomic E-state index is 12.3. The molecule has 5 heteroatoms. The van der Waals surface area contributed by atoms with Crippen molar-refractivity contribution < 1.29 is 4.79 Å². The van der Waals surface area contributed by atoms with E-state index < -0.39 is 4.87 Å². The lowest BCUT2D eigenvalue weighted by molar-refractivity contribution is -0.149. The lowest BCUT2D eigenvalue weighted by Crippen LogP contribution is -2.72. The predicted molar refractivity (Wildman–Crippen MR) is 79.0 cm³/mol. The second-order valence-corrected chi connectivity index (χ2v) is 8.91. The highest BCUT2D eigenvalue weighted by atomic mass is 35.5. The second-order valence-electron chi connectivity index (χ2n) is 6.41. The summed E-state index contributed by atoms with van der Waals surface area (Å²) >= 11 is 7.89. The maximum Gasteiger partial charge on any atom is 0.262 e. The van der Waals surface area contributed by atoms with Crippen LogP contribution in [0.25, 0.3) is 0 Å². The Labute approximate surface area is 124 Å². The molecule has 3 nitrogen and oxygen atoms in total. The van der Waals surface area contributed by atoms with Gasteiger partial charge in [-0.2, -0.15) is 5.26 Å². The highest BCUT2D eigenvalue weighted by Gasteiger charge is 2.63. The number of β-lactam (4-membered cyclic amide) rings is 1. The third-order valence-corrected chi connectivity index (χ3v) is 5.83. The van der Waals surface area contributed by atoms with Crippen LogP contribution in [-0.4, -0.2) is 31.8 Å². The fraction of sp³-hybridized carbons (Fsp3) is 0.857. The molecular formula is C14H21ClN2OS. The molecular weight excluding hydrogens is 280 g/mol. The summed E-state index contributed by atoms with van der Waals surface area (Å²) in [7, 11) is 0. The first-order valence-corrected chi connectivity index (χ1v) is 8.16. The zero-order valence-corrected chi connectivity index (χ0v) is 13.4. The van der Waals surface area contributed by atoms with Gasteiger partial charge in [0.05, 0.1) is 6.07 Å². The van der Waals surface area contributed by atoms with Gasteiger partial charge in [0.15, 0.2) is 0 Å². The largest absolute Gasteiger partial charge is 0.322 e. The van der Waals surface area contributed by atoms with Crippen molar-refractivity contribution in [1.82, 2.24) is 4.90 Å². The van der Waals surface area contributed by atoms with E-state index in [1.54, 1.807) is 11.8 Å². The van der Waals surface area contributed by atoms with Gasteiger partial charge in [-0.05, 0) is 12.8 Å². The molecule has 0 unspecified atom stereocenters. The summed E-state index contributed by atoms with van der Waals surface area (Å²) in [5.74, 6) is -0.190. The molecule has 1 saturated carbocycles. The van der Waals surface area contributed by atoms with Crippen molar-refractivity contribution in [3.05, 3.63) is 0 Å². The topological polar surface area (TPSA) is 44.1 Å². The Kier molecular flexibility index (Phi) is 4.09. The lowest BCUT2D eigenvalue weighted by Gasteiger charge is -2.54. The number of nitrogens with zero attached hydrogens (tertiary/aromatic N) is 2. The molecule has 0 aromatic rings. The minimum absolute atomic E-state index is 0.0186. The number of alkyl halides is 1. The maximum absolute atomic E-state index is 12.3. The van der Waals surface area contributed by atoms with Crippen molar-refractivity contribution >= 4 is 29.3 Å². The van der Waals surface area contributed by atoms with Crippen LogP contribution in [-0.2, 0) is 4.79 Å². The van der Waals surface area contributed by atoms with Crippen LogP contribution in [0.1, 0.15) is 52.9 Å². The minimum Gasteiger partial charge on any atom is -0.322 e. The van der Waals surface area contributed by atoms with Crippen molar-refractivity contribution in [3.8, 4) is 6.07 Å². The molecule has 1 aliphatic carbocycles. The second kappa shape index (κ2) is 5.18. The summed E-state index contributed by atoms with van der Waals surface area (Å²) in [5, 5.41) is 9.04. The van der Waals surface area contributed by atoms with E-state index in [1.165, 1.54) is 19.3 Å². The molecule has 0 radical (unpaired) electrons. The molecule has 19 heavy (non-hydrogen) atoms. The molecule has 2 fully saturated rings. The average molecular weight is 301 g/mol. The van der Waals surface area contributed by atoms with Gasteiger partial charge < -0.3 is 4.90 Å². The quantitative estimate of drug-likeness (QED) is 0.579. The van der Waals surface area contributed by atoms with Crippen LogP contribution in [0.5, 0.6) is 0 Å². The number of thioether (sulfide) groups is 1. The summed E-state index contributed by atoms with van der Waals surface area (Å²) < 4.78 is -0.0186. The monoisotopic (exact) mass is 300 g/mol. The Hall–Kier alpha value is -0.400. The summed E-state index contributed by atoms with van der Waals surface area (Å²) in [4.78, 5) is 12.8. The number of carbonyl (C=O) groups excluding carboxylic acids is 1. The zero-order valence-electron chi connectivity index (χ0n) is 11.8. The first kappa shape index (κ1) is 15.0. The number of carbonyl (C=O) groups is 1. The molecule has 2 aliphatic rings. The van der Waals surface area contributed by atoms with Crippen molar-refractivity contribution in [2.45, 2.75) is 73.9 Å². The summed E-state index contributed by atoms with van der Waals surface area (Å²) in [6.07, 6.45) is 5.68. The van der Waals surface area contributed by atoms with Gasteiger partial charge in [-0.3, -0.25) is 4.79 Å². The highest BCUT2D eigenvalue weighted by molar-refractivity contribution is 8.01. The SMILES string of the molecule is CC(C)(C)S[C@@H]1N(C2CCCCC2)C(=O)[C@@]1(Cl)C#N. The first-order chi connectivity index (χ1) is 8.79. The number of likely N-dealkylation sites (tertiary alicyclic amines) is 1. The van der Waals surface area contributed by atoms with Gasteiger partial charge in [-0.25, -0.2) is 0 Å². The molecule has 1 aliphatic heterocycles. The fourth-order valence-electron chi connectivity index (χ4n) is 2.82. The van der Waals surface area contributed by atoms with Crippen molar-refractivity contribution in [2.75, 3.05) is 0 Å². The number of halogens is 1. The number of hydrogen-bond donors (Lipinski definition) is 0. The Bertz CT molecular complexity index is 409. The number of nitriles is 1. The zero-order chi connectivity index (χ0) is 14.3. The third kappa shape index (κ3) is 2.73. The molecule has 106 valence electrons. The standard InChI is InChI=1S/C14H21ClN2OS/c1-13(2,3)19-12-14(15,9-16)11(18)17(12)10-7-5-4-6-8-10/h10,12H,4-8H2,1-3H3/t12-,14-/m0/s1. The van der Waals surface area contributed by atoms with Crippen LogP contribution >= 0.6 is 23.4 Å².